The monoisotopic (exact) mass is 367 g/mol. The lowest BCUT2D eigenvalue weighted by atomic mass is 10.1. The molecule has 138 valence electrons. The van der Waals surface area contributed by atoms with Crippen LogP contribution in [0.4, 0.5) is 0 Å². The smallest absolute Gasteiger partial charge is 0.225 e. The SMILES string of the molecule is CCS(=O)(=O)NCCNC(=O)C1CC(=O)N(C(C)c2ccccc2)C1. The molecule has 0 radical (unpaired) electrons. The number of nitrogens with one attached hydrogen (secondary N) is 2. The molecule has 1 aliphatic rings. The van der Waals surface area contributed by atoms with Crippen molar-refractivity contribution in [3.8, 4) is 0 Å². The average molecular weight is 367 g/mol. The summed E-state index contributed by atoms with van der Waals surface area (Å²) in [6.07, 6.45) is 0.184. The molecular weight excluding hydrogens is 342 g/mol. The fourth-order valence-electron chi connectivity index (χ4n) is 2.83. The van der Waals surface area contributed by atoms with Crippen molar-refractivity contribution in [3.63, 3.8) is 0 Å². The highest BCUT2D eigenvalue weighted by atomic mass is 32.2. The molecule has 0 aromatic heterocycles. The number of nitrogens with zero attached hydrogens (tertiary/aromatic N) is 1. The molecule has 25 heavy (non-hydrogen) atoms. The van der Waals surface area contributed by atoms with Crippen molar-refractivity contribution in [2.24, 2.45) is 5.92 Å². The maximum Gasteiger partial charge on any atom is 0.225 e. The topological polar surface area (TPSA) is 95.6 Å². The first-order valence-corrected chi connectivity index (χ1v) is 10.1. The fourth-order valence-corrected chi connectivity index (χ4v) is 3.45. The molecule has 0 bridgehead atoms. The third-order valence-electron chi connectivity index (χ3n) is 4.40. The summed E-state index contributed by atoms with van der Waals surface area (Å²) in [6, 6.07) is 9.62. The largest absolute Gasteiger partial charge is 0.354 e. The summed E-state index contributed by atoms with van der Waals surface area (Å²) in [5, 5.41) is 2.70. The molecule has 1 aromatic carbocycles. The van der Waals surface area contributed by atoms with Gasteiger partial charge in [0.15, 0.2) is 0 Å². The second-order valence-corrected chi connectivity index (χ2v) is 8.22. The lowest BCUT2D eigenvalue weighted by Crippen LogP contribution is -2.38. The van der Waals surface area contributed by atoms with Crippen molar-refractivity contribution >= 4 is 21.8 Å². The Kier molecular flexibility index (Phi) is 6.55. The summed E-state index contributed by atoms with van der Waals surface area (Å²) < 4.78 is 25.0. The van der Waals surface area contributed by atoms with E-state index in [2.05, 4.69) is 10.0 Å². The van der Waals surface area contributed by atoms with Crippen LogP contribution in [0.3, 0.4) is 0 Å². The number of carbonyl (C=O) groups excluding carboxylic acids is 2. The van der Waals surface area contributed by atoms with E-state index < -0.39 is 15.9 Å². The van der Waals surface area contributed by atoms with E-state index in [1.165, 1.54) is 0 Å². The Morgan fingerprint density at radius 3 is 2.60 bits per heavy atom. The Labute approximate surface area is 148 Å². The number of benzene rings is 1. The Bertz CT molecular complexity index is 706. The zero-order valence-corrected chi connectivity index (χ0v) is 15.4. The summed E-state index contributed by atoms with van der Waals surface area (Å²) in [5.74, 6) is -0.652. The maximum atomic E-state index is 12.3. The van der Waals surface area contributed by atoms with Crippen LogP contribution in [0, 0.1) is 5.92 Å². The Balaban J connectivity index is 1.84. The number of sulfonamides is 1. The van der Waals surface area contributed by atoms with Crippen LogP contribution in [-0.2, 0) is 19.6 Å². The summed E-state index contributed by atoms with van der Waals surface area (Å²) in [5.41, 5.74) is 1.03. The highest BCUT2D eigenvalue weighted by Gasteiger charge is 2.36. The van der Waals surface area contributed by atoms with Gasteiger partial charge in [0.1, 0.15) is 0 Å². The van der Waals surface area contributed by atoms with Gasteiger partial charge in [0.25, 0.3) is 0 Å². The molecule has 2 rings (SSSR count). The highest BCUT2D eigenvalue weighted by Crippen LogP contribution is 2.28. The molecule has 2 N–H and O–H groups in total. The molecule has 0 saturated carbocycles. The van der Waals surface area contributed by atoms with E-state index in [0.29, 0.717) is 6.54 Å². The van der Waals surface area contributed by atoms with Gasteiger partial charge in [-0.1, -0.05) is 30.3 Å². The number of carbonyl (C=O) groups is 2. The van der Waals surface area contributed by atoms with Gasteiger partial charge in [-0.3, -0.25) is 9.59 Å². The molecule has 1 aliphatic heterocycles. The predicted molar refractivity (Wildman–Crippen MR) is 95.2 cm³/mol. The molecule has 8 heteroatoms. The van der Waals surface area contributed by atoms with Gasteiger partial charge in [-0.2, -0.15) is 0 Å². The summed E-state index contributed by atoms with van der Waals surface area (Å²) >= 11 is 0. The number of likely N-dealkylation sites (tertiary alicyclic amines) is 1. The molecule has 0 spiro atoms. The number of hydrogen-bond donors (Lipinski definition) is 2. The summed E-state index contributed by atoms with van der Waals surface area (Å²) in [7, 11) is -3.26. The van der Waals surface area contributed by atoms with Crippen LogP contribution in [0.2, 0.25) is 0 Å². The number of amides is 2. The third kappa shape index (κ3) is 5.27. The molecule has 2 atom stereocenters. The molecule has 7 nitrogen and oxygen atoms in total. The minimum absolute atomic E-state index is 0.00437. The third-order valence-corrected chi connectivity index (χ3v) is 5.81. The maximum absolute atomic E-state index is 12.3. The van der Waals surface area contributed by atoms with E-state index in [-0.39, 0.29) is 43.1 Å². The quantitative estimate of drug-likeness (QED) is 0.660. The van der Waals surface area contributed by atoms with Gasteiger partial charge in [-0.05, 0) is 19.4 Å². The van der Waals surface area contributed by atoms with Crippen LogP contribution in [0.1, 0.15) is 31.9 Å². The number of hydrogen-bond acceptors (Lipinski definition) is 4. The van der Waals surface area contributed by atoms with Crippen LogP contribution >= 0.6 is 0 Å². The first-order valence-electron chi connectivity index (χ1n) is 8.43. The first-order chi connectivity index (χ1) is 11.8. The molecule has 1 fully saturated rings. The zero-order valence-electron chi connectivity index (χ0n) is 14.6. The average Bonchev–Trinajstić information content (AvgIpc) is 3.00. The van der Waals surface area contributed by atoms with E-state index in [1.54, 1.807) is 11.8 Å². The zero-order chi connectivity index (χ0) is 18.4. The standard InChI is InChI=1S/C17H25N3O4S/c1-3-25(23,24)19-10-9-18-17(22)15-11-16(21)20(12-15)13(2)14-7-5-4-6-8-14/h4-8,13,15,19H,3,9-12H2,1-2H3,(H,18,22). The van der Waals surface area contributed by atoms with Gasteiger partial charge in [0.05, 0.1) is 17.7 Å². The summed E-state index contributed by atoms with van der Waals surface area (Å²) in [4.78, 5) is 26.2. The first kappa shape index (κ1) is 19.4. The second-order valence-electron chi connectivity index (χ2n) is 6.12. The lowest BCUT2D eigenvalue weighted by molar-refractivity contribution is -0.130. The van der Waals surface area contributed by atoms with E-state index in [1.807, 2.05) is 37.3 Å². The van der Waals surface area contributed by atoms with E-state index in [9.17, 15) is 18.0 Å². The van der Waals surface area contributed by atoms with Crippen LogP contribution in [-0.4, -0.2) is 50.5 Å². The van der Waals surface area contributed by atoms with Crippen LogP contribution < -0.4 is 10.0 Å². The van der Waals surface area contributed by atoms with Gasteiger partial charge in [0.2, 0.25) is 21.8 Å². The van der Waals surface area contributed by atoms with Crippen molar-refractivity contribution in [1.29, 1.82) is 0 Å². The molecule has 0 aliphatic carbocycles. The van der Waals surface area contributed by atoms with Gasteiger partial charge in [0, 0.05) is 26.1 Å². The van der Waals surface area contributed by atoms with Crippen molar-refractivity contribution < 1.29 is 18.0 Å². The highest BCUT2D eigenvalue weighted by molar-refractivity contribution is 7.89. The Morgan fingerprint density at radius 2 is 1.96 bits per heavy atom. The van der Waals surface area contributed by atoms with E-state index >= 15 is 0 Å². The molecule has 2 unspecified atom stereocenters. The Hall–Kier alpha value is -1.93. The van der Waals surface area contributed by atoms with Crippen molar-refractivity contribution in [2.45, 2.75) is 26.3 Å². The molecular formula is C17H25N3O4S. The molecule has 1 heterocycles. The van der Waals surface area contributed by atoms with Gasteiger partial charge in [-0.15, -0.1) is 0 Å². The minimum Gasteiger partial charge on any atom is -0.354 e. The van der Waals surface area contributed by atoms with Crippen molar-refractivity contribution in [3.05, 3.63) is 35.9 Å². The van der Waals surface area contributed by atoms with Crippen molar-refractivity contribution in [1.82, 2.24) is 14.9 Å². The molecule has 1 aromatic rings. The Morgan fingerprint density at radius 1 is 1.28 bits per heavy atom. The van der Waals surface area contributed by atoms with E-state index in [4.69, 9.17) is 0 Å². The number of rotatable bonds is 8. The predicted octanol–water partition coefficient (Wildman–Crippen LogP) is 0.652. The van der Waals surface area contributed by atoms with Crippen LogP contribution in [0.5, 0.6) is 0 Å². The van der Waals surface area contributed by atoms with Gasteiger partial charge < -0.3 is 10.2 Å². The van der Waals surface area contributed by atoms with Gasteiger partial charge >= 0.3 is 0 Å². The second kappa shape index (κ2) is 8.44. The van der Waals surface area contributed by atoms with Crippen LogP contribution in [0.15, 0.2) is 30.3 Å². The minimum atomic E-state index is -3.26. The van der Waals surface area contributed by atoms with E-state index in [0.717, 1.165) is 5.56 Å². The van der Waals surface area contributed by atoms with Gasteiger partial charge in [-0.25, -0.2) is 13.1 Å². The molecule has 1 saturated heterocycles. The fraction of sp³-hybridized carbons (Fsp3) is 0.529. The molecule has 2 amide bonds. The normalized spacial score (nSPS) is 19.0. The summed E-state index contributed by atoms with van der Waals surface area (Å²) in [6.45, 7) is 4.23. The van der Waals surface area contributed by atoms with Crippen LogP contribution in [0.25, 0.3) is 0 Å². The van der Waals surface area contributed by atoms with Crippen molar-refractivity contribution in [2.75, 3.05) is 25.4 Å². The lowest BCUT2D eigenvalue weighted by Gasteiger charge is -2.25.